The predicted octanol–water partition coefficient (Wildman–Crippen LogP) is 4.99. The molecule has 0 spiro atoms. The molecule has 0 unspecified atom stereocenters. The number of carbonyl (C=O) groups excluding carboxylic acids is 2. The lowest BCUT2D eigenvalue weighted by molar-refractivity contribution is -0.113. The monoisotopic (exact) mass is 485 g/mol. The Hall–Kier alpha value is -3.11. The summed E-state index contributed by atoms with van der Waals surface area (Å²) in [5.74, 6) is 1.10. The first-order valence-electron chi connectivity index (χ1n) is 10.6. The maximum atomic E-state index is 12.5. The summed E-state index contributed by atoms with van der Waals surface area (Å²) in [6.45, 7) is 7.57. The van der Waals surface area contributed by atoms with E-state index in [0.29, 0.717) is 29.5 Å². The molecule has 10 heteroatoms. The first-order chi connectivity index (χ1) is 15.9. The van der Waals surface area contributed by atoms with E-state index in [9.17, 15) is 9.59 Å². The third-order valence-corrected chi connectivity index (χ3v) is 6.26. The third kappa shape index (κ3) is 8.07. The number of rotatable bonds is 11. The fourth-order valence-electron chi connectivity index (χ4n) is 2.66. The lowest BCUT2D eigenvalue weighted by atomic mass is 10.2. The molecule has 0 saturated carbocycles. The average Bonchev–Trinajstić information content (AvgIpc) is 3.26. The van der Waals surface area contributed by atoms with Gasteiger partial charge >= 0.3 is 0 Å². The van der Waals surface area contributed by atoms with Crippen molar-refractivity contribution in [2.75, 3.05) is 34.9 Å². The lowest BCUT2D eigenvalue weighted by Crippen LogP contribution is -2.15. The molecular weight excluding hydrogens is 458 g/mol. The summed E-state index contributed by atoms with van der Waals surface area (Å²) in [5.41, 5.74) is 1.79. The van der Waals surface area contributed by atoms with Crippen molar-refractivity contribution in [2.45, 2.75) is 25.1 Å². The standard InChI is InChI=1S/C23H27N5O3S2/c1-4-31-19-11-9-18(10-12-19)26-21(30)16-5-7-17(8-6-16)25-20(29)14-32-23-28-27-22(33-23)24-13-15(2)3/h5-12,15H,4,13-14H2,1-3H3,(H,24,27)(H,25,29)(H,26,30). The highest BCUT2D eigenvalue weighted by Gasteiger charge is 2.10. The minimum atomic E-state index is -0.231. The Morgan fingerprint density at radius 1 is 1.00 bits per heavy atom. The first kappa shape index (κ1) is 24.5. The van der Waals surface area contributed by atoms with Crippen LogP contribution in [0.4, 0.5) is 16.5 Å². The van der Waals surface area contributed by atoms with Crippen LogP contribution in [0.5, 0.6) is 5.75 Å². The van der Waals surface area contributed by atoms with Crippen LogP contribution < -0.4 is 20.7 Å². The maximum absolute atomic E-state index is 12.5. The molecule has 3 rings (SSSR count). The van der Waals surface area contributed by atoms with Gasteiger partial charge in [-0.3, -0.25) is 9.59 Å². The zero-order chi connectivity index (χ0) is 23.6. The molecule has 0 aliphatic rings. The van der Waals surface area contributed by atoms with Crippen molar-refractivity contribution in [3.63, 3.8) is 0 Å². The van der Waals surface area contributed by atoms with Crippen LogP contribution in [-0.2, 0) is 4.79 Å². The topological polar surface area (TPSA) is 105 Å². The van der Waals surface area contributed by atoms with Gasteiger partial charge in [-0.05, 0) is 61.4 Å². The van der Waals surface area contributed by atoms with Gasteiger partial charge in [-0.1, -0.05) is 36.9 Å². The average molecular weight is 486 g/mol. The van der Waals surface area contributed by atoms with E-state index in [2.05, 4.69) is 40.0 Å². The summed E-state index contributed by atoms with van der Waals surface area (Å²) in [4.78, 5) is 24.7. The summed E-state index contributed by atoms with van der Waals surface area (Å²) in [5, 5.41) is 17.8. The number of amides is 2. The Bertz CT molecular complexity index is 1050. The van der Waals surface area contributed by atoms with Crippen molar-refractivity contribution in [1.29, 1.82) is 0 Å². The highest BCUT2D eigenvalue weighted by molar-refractivity contribution is 8.01. The number of benzene rings is 2. The highest BCUT2D eigenvalue weighted by atomic mass is 32.2. The third-order valence-electron chi connectivity index (χ3n) is 4.25. The molecule has 0 aliphatic carbocycles. The summed E-state index contributed by atoms with van der Waals surface area (Å²) in [6.07, 6.45) is 0. The van der Waals surface area contributed by atoms with E-state index in [1.807, 2.05) is 6.92 Å². The molecule has 0 saturated heterocycles. The van der Waals surface area contributed by atoms with Gasteiger partial charge in [0, 0.05) is 23.5 Å². The van der Waals surface area contributed by atoms with E-state index in [1.165, 1.54) is 23.1 Å². The minimum Gasteiger partial charge on any atom is -0.494 e. The van der Waals surface area contributed by atoms with Crippen molar-refractivity contribution < 1.29 is 14.3 Å². The van der Waals surface area contributed by atoms with Gasteiger partial charge in [-0.2, -0.15) is 0 Å². The number of anilines is 3. The lowest BCUT2D eigenvalue weighted by Gasteiger charge is -2.08. The quantitative estimate of drug-likeness (QED) is 0.329. The minimum absolute atomic E-state index is 0.154. The molecule has 1 aromatic heterocycles. The molecule has 1 heterocycles. The van der Waals surface area contributed by atoms with Gasteiger partial charge in [-0.25, -0.2) is 0 Å². The molecule has 0 aliphatic heterocycles. The summed E-state index contributed by atoms with van der Waals surface area (Å²) >= 11 is 2.77. The Morgan fingerprint density at radius 2 is 1.67 bits per heavy atom. The van der Waals surface area contributed by atoms with Crippen LogP contribution in [0.15, 0.2) is 52.9 Å². The van der Waals surface area contributed by atoms with Crippen molar-refractivity contribution in [1.82, 2.24) is 10.2 Å². The van der Waals surface area contributed by atoms with Crippen LogP contribution in [0, 0.1) is 5.92 Å². The Balaban J connectivity index is 1.45. The molecular formula is C23H27N5O3S2. The molecule has 3 aromatic rings. The number of hydrogen-bond donors (Lipinski definition) is 3. The highest BCUT2D eigenvalue weighted by Crippen LogP contribution is 2.25. The van der Waals surface area contributed by atoms with Gasteiger partial charge in [-0.15, -0.1) is 10.2 Å². The van der Waals surface area contributed by atoms with E-state index >= 15 is 0 Å². The van der Waals surface area contributed by atoms with Crippen molar-refractivity contribution in [2.24, 2.45) is 5.92 Å². The molecule has 33 heavy (non-hydrogen) atoms. The van der Waals surface area contributed by atoms with Crippen LogP contribution in [0.25, 0.3) is 0 Å². The van der Waals surface area contributed by atoms with Crippen LogP contribution in [0.2, 0.25) is 0 Å². The summed E-state index contributed by atoms with van der Waals surface area (Å²) in [6, 6.07) is 13.9. The van der Waals surface area contributed by atoms with Gasteiger partial charge in [0.2, 0.25) is 11.0 Å². The zero-order valence-electron chi connectivity index (χ0n) is 18.8. The second kappa shape index (κ2) is 12.2. The molecule has 8 nitrogen and oxygen atoms in total. The maximum Gasteiger partial charge on any atom is 0.255 e. The number of hydrogen-bond acceptors (Lipinski definition) is 8. The van der Waals surface area contributed by atoms with Crippen molar-refractivity contribution in [3.05, 3.63) is 54.1 Å². The van der Waals surface area contributed by atoms with Gasteiger partial charge in [0.05, 0.1) is 12.4 Å². The number of nitrogens with zero attached hydrogens (tertiary/aromatic N) is 2. The van der Waals surface area contributed by atoms with Gasteiger partial charge in [0.1, 0.15) is 5.75 Å². The van der Waals surface area contributed by atoms with Crippen molar-refractivity contribution >= 4 is 51.4 Å². The Morgan fingerprint density at radius 3 is 2.33 bits per heavy atom. The van der Waals surface area contributed by atoms with Gasteiger partial charge < -0.3 is 20.7 Å². The molecule has 2 aromatic carbocycles. The zero-order valence-corrected chi connectivity index (χ0v) is 20.4. The van der Waals surface area contributed by atoms with Gasteiger partial charge in [0.25, 0.3) is 5.91 Å². The summed E-state index contributed by atoms with van der Waals surface area (Å²) < 4.78 is 6.13. The van der Waals surface area contributed by atoms with Crippen LogP contribution in [0.1, 0.15) is 31.1 Å². The molecule has 2 amide bonds. The van der Waals surface area contributed by atoms with E-state index in [0.717, 1.165) is 21.8 Å². The van der Waals surface area contributed by atoms with E-state index in [-0.39, 0.29) is 17.6 Å². The molecule has 3 N–H and O–H groups in total. The summed E-state index contributed by atoms with van der Waals surface area (Å²) in [7, 11) is 0. The van der Waals surface area contributed by atoms with Gasteiger partial charge in [0.15, 0.2) is 4.34 Å². The normalized spacial score (nSPS) is 10.7. The number of ether oxygens (including phenoxy) is 1. The number of carbonyl (C=O) groups is 2. The second-order valence-corrected chi connectivity index (χ2v) is 9.67. The molecule has 174 valence electrons. The van der Waals surface area contributed by atoms with E-state index < -0.39 is 0 Å². The van der Waals surface area contributed by atoms with Crippen LogP contribution >= 0.6 is 23.1 Å². The fourth-order valence-corrected chi connectivity index (χ4v) is 4.22. The van der Waals surface area contributed by atoms with Crippen molar-refractivity contribution in [3.8, 4) is 5.75 Å². The van der Waals surface area contributed by atoms with E-state index in [1.54, 1.807) is 48.5 Å². The van der Waals surface area contributed by atoms with Crippen LogP contribution in [0.3, 0.4) is 0 Å². The first-order valence-corrected chi connectivity index (χ1v) is 12.4. The van der Waals surface area contributed by atoms with Crippen LogP contribution in [-0.4, -0.2) is 40.9 Å². The largest absolute Gasteiger partial charge is 0.494 e. The molecule has 0 atom stereocenters. The SMILES string of the molecule is CCOc1ccc(NC(=O)c2ccc(NC(=O)CSc3nnc(NCC(C)C)s3)cc2)cc1. The predicted molar refractivity (Wildman–Crippen MR) is 135 cm³/mol. The number of thioether (sulfide) groups is 1. The molecule has 0 fully saturated rings. The smallest absolute Gasteiger partial charge is 0.255 e. The molecule has 0 radical (unpaired) electrons. The fraction of sp³-hybridized carbons (Fsp3) is 0.304. The number of nitrogens with one attached hydrogen (secondary N) is 3. The Labute approximate surface area is 201 Å². The second-order valence-electron chi connectivity index (χ2n) is 7.47. The Kier molecular flexibility index (Phi) is 9.08. The number of aromatic nitrogens is 2. The van der Waals surface area contributed by atoms with E-state index in [4.69, 9.17) is 4.74 Å². The molecule has 0 bridgehead atoms.